The molecule has 0 saturated carbocycles. The van der Waals surface area contributed by atoms with Gasteiger partial charge in [0.1, 0.15) is 10.9 Å². The number of benzene rings is 1. The molecule has 0 bridgehead atoms. The third-order valence-corrected chi connectivity index (χ3v) is 3.62. The van der Waals surface area contributed by atoms with Crippen molar-refractivity contribution in [1.29, 1.82) is 5.41 Å². The Hall–Kier alpha value is -2.07. The lowest BCUT2D eigenvalue weighted by atomic mass is 10.0. The molecule has 0 spiro atoms. The van der Waals surface area contributed by atoms with E-state index in [1.807, 2.05) is 26.0 Å². The molecule has 5 heteroatoms. The second-order valence-electron chi connectivity index (χ2n) is 5.06. The summed E-state index contributed by atoms with van der Waals surface area (Å²) in [4.78, 5) is 12.0. The van der Waals surface area contributed by atoms with E-state index in [1.54, 1.807) is 14.0 Å². The number of hydrogen-bond donors (Lipinski definition) is 2. The summed E-state index contributed by atoms with van der Waals surface area (Å²) in [7, 11) is 1.62. The van der Waals surface area contributed by atoms with Gasteiger partial charge >= 0.3 is 0 Å². The minimum absolute atomic E-state index is 0.198. The summed E-state index contributed by atoms with van der Waals surface area (Å²) in [6.45, 7) is 9.73. The first-order valence-corrected chi connectivity index (χ1v) is 7.18. The maximum absolute atomic E-state index is 12.0. The molecule has 0 radical (unpaired) electrons. The van der Waals surface area contributed by atoms with Gasteiger partial charge in [0, 0.05) is 18.2 Å². The van der Waals surface area contributed by atoms with Crippen LogP contribution in [0.3, 0.4) is 0 Å². The highest BCUT2D eigenvalue weighted by Crippen LogP contribution is 2.24. The van der Waals surface area contributed by atoms with Crippen molar-refractivity contribution in [2.45, 2.75) is 27.3 Å². The summed E-state index contributed by atoms with van der Waals surface area (Å²) in [6, 6.07) is 3.86. The average molecular weight is 321 g/mol. The number of halogens is 1. The smallest absolute Gasteiger partial charge is 0.244 e. The molecule has 1 aromatic carbocycles. The number of allylic oxidation sites excluding steroid dienone is 2. The SMILES string of the molecule is C=C(C)/C(=C/C(=O)NCc1c(C)ccc(OC)c1C)C(=N)Cl. The van der Waals surface area contributed by atoms with Crippen LogP contribution in [-0.2, 0) is 11.3 Å². The van der Waals surface area contributed by atoms with Gasteiger partial charge in [-0.15, -0.1) is 0 Å². The van der Waals surface area contributed by atoms with Crippen LogP contribution in [0.1, 0.15) is 23.6 Å². The van der Waals surface area contributed by atoms with E-state index >= 15 is 0 Å². The predicted octanol–water partition coefficient (Wildman–Crippen LogP) is 3.65. The lowest BCUT2D eigenvalue weighted by Gasteiger charge is -2.14. The minimum atomic E-state index is -0.315. The second kappa shape index (κ2) is 7.80. The number of nitrogens with one attached hydrogen (secondary N) is 2. The zero-order valence-electron chi connectivity index (χ0n) is 13.3. The van der Waals surface area contributed by atoms with Crippen molar-refractivity contribution in [2.75, 3.05) is 7.11 Å². The van der Waals surface area contributed by atoms with Gasteiger partial charge < -0.3 is 10.1 Å². The normalized spacial score (nSPS) is 11.0. The van der Waals surface area contributed by atoms with E-state index in [-0.39, 0.29) is 11.1 Å². The second-order valence-corrected chi connectivity index (χ2v) is 5.44. The highest BCUT2D eigenvalue weighted by Gasteiger charge is 2.10. The van der Waals surface area contributed by atoms with Crippen molar-refractivity contribution >= 4 is 22.7 Å². The topological polar surface area (TPSA) is 62.2 Å². The fraction of sp³-hybridized carbons (Fsp3) is 0.294. The highest BCUT2D eigenvalue weighted by atomic mass is 35.5. The lowest BCUT2D eigenvalue weighted by Crippen LogP contribution is -2.22. The molecule has 0 fully saturated rings. The number of rotatable bonds is 6. The van der Waals surface area contributed by atoms with Crippen LogP contribution in [0.4, 0.5) is 0 Å². The Balaban J connectivity index is 2.91. The van der Waals surface area contributed by atoms with E-state index in [1.165, 1.54) is 6.08 Å². The molecule has 1 rings (SSSR count). The van der Waals surface area contributed by atoms with Crippen molar-refractivity contribution in [3.05, 3.63) is 52.6 Å². The lowest BCUT2D eigenvalue weighted by molar-refractivity contribution is -0.116. The van der Waals surface area contributed by atoms with Crippen molar-refractivity contribution in [3.8, 4) is 5.75 Å². The number of methoxy groups -OCH3 is 1. The molecule has 0 heterocycles. The van der Waals surface area contributed by atoms with Gasteiger partial charge in [0.15, 0.2) is 0 Å². The maximum atomic E-state index is 12.0. The Bertz CT molecular complexity index is 632. The van der Waals surface area contributed by atoms with Gasteiger partial charge in [0.2, 0.25) is 5.91 Å². The number of aryl methyl sites for hydroxylation is 1. The van der Waals surface area contributed by atoms with E-state index in [9.17, 15) is 4.79 Å². The zero-order chi connectivity index (χ0) is 16.9. The average Bonchev–Trinajstić information content (AvgIpc) is 2.44. The summed E-state index contributed by atoms with van der Waals surface area (Å²) < 4.78 is 5.29. The quantitative estimate of drug-likeness (QED) is 0.477. The molecule has 118 valence electrons. The first-order valence-electron chi connectivity index (χ1n) is 6.80. The monoisotopic (exact) mass is 320 g/mol. The van der Waals surface area contributed by atoms with Crippen molar-refractivity contribution in [3.63, 3.8) is 0 Å². The molecule has 0 saturated heterocycles. The molecule has 0 unspecified atom stereocenters. The molecule has 22 heavy (non-hydrogen) atoms. The zero-order valence-corrected chi connectivity index (χ0v) is 14.1. The third-order valence-electron chi connectivity index (χ3n) is 3.41. The van der Waals surface area contributed by atoms with Crippen LogP contribution in [0.2, 0.25) is 0 Å². The molecule has 2 N–H and O–H groups in total. The van der Waals surface area contributed by atoms with Gasteiger partial charge in [-0.1, -0.05) is 24.2 Å². The summed E-state index contributed by atoms with van der Waals surface area (Å²) in [5, 5.41) is 10.0. The van der Waals surface area contributed by atoms with E-state index in [0.29, 0.717) is 17.7 Å². The summed E-state index contributed by atoms with van der Waals surface area (Å²) in [5.74, 6) is 0.473. The molecule has 0 aliphatic heterocycles. The number of carbonyl (C=O) groups excluding carboxylic acids is 1. The molecule has 0 atom stereocenters. The Kier molecular flexibility index (Phi) is 6.38. The van der Waals surface area contributed by atoms with Crippen LogP contribution < -0.4 is 10.1 Å². The molecule has 1 aromatic rings. The molecule has 4 nitrogen and oxygen atoms in total. The van der Waals surface area contributed by atoms with E-state index in [2.05, 4.69) is 11.9 Å². The Morgan fingerprint density at radius 2 is 2.09 bits per heavy atom. The maximum Gasteiger partial charge on any atom is 0.244 e. The van der Waals surface area contributed by atoms with E-state index < -0.39 is 0 Å². The molecule has 0 aliphatic carbocycles. The number of ether oxygens (including phenoxy) is 1. The minimum Gasteiger partial charge on any atom is -0.496 e. The predicted molar refractivity (Wildman–Crippen MR) is 90.8 cm³/mol. The van der Waals surface area contributed by atoms with Crippen molar-refractivity contribution in [1.82, 2.24) is 5.32 Å². The van der Waals surface area contributed by atoms with Crippen LogP contribution in [0, 0.1) is 19.3 Å². The fourth-order valence-corrected chi connectivity index (χ4v) is 2.31. The Labute approximate surface area is 136 Å². The Morgan fingerprint density at radius 1 is 1.45 bits per heavy atom. The standard InChI is InChI=1S/C17H21ClN2O2/c1-10(2)13(17(18)19)8-16(21)20-9-14-11(3)6-7-15(22-5)12(14)4/h6-8,19H,1,9H2,2-5H3,(H,20,21)/b13-8-,19-17?. The number of carbonyl (C=O) groups is 1. The molecule has 0 aromatic heterocycles. The highest BCUT2D eigenvalue weighted by molar-refractivity contribution is 6.69. The first kappa shape index (κ1) is 18.0. The summed E-state index contributed by atoms with van der Waals surface area (Å²) in [5.41, 5.74) is 3.99. The van der Waals surface area contributed by atoms with Crippen LogP contribution >= 0.6 is 11.6 Å². The van der Waals surface area contributed by atoms with E-state index in [0.717, 1.165) is 22.4 Å². The van der Waals surface area contributed by atoms with Gasteiger partial charge in [-0.3, -0.25) is 10.2 Å². The number of hydrogen-bond acceptors (Lipinski definition) is 3. The third kappa shape index (κ3) is 4.46. The molecular formula is C17H21ClN2O2. The molecular weight excluding hydrogens is 300 g/mol. The number of amides is 1. The van der Waals surface area contributed by atoms with E-state index in [4.69, 9.17) is 21.7 Å². The van der Waals surface area contributed by atoms with Crippen LogP contribution in [0.25, 0.3) is 0 Å². The summed E-state index contributed by atoms with van der Waals surface area (Å²) >= 11 is 5.65. The largest absolute Gasteiger partial charge is 0.496 e. The fourth-order valence-electron chi connectivity index (χ4n) is 2.10. The van der Waals surface area contributed by atoms with Gasteiger partial charge in [-0.25, -0.2) is 0 Å². The van der Waals surface area contributed by atoms with Gasteiger partial charge in [-0.05, 0) is 49.1 Å². The van der Waals surface area contributed by atoms with Crippen molar-refractivity contribution < 1.29 is 9.53 Å². The van der Waals surface area contributed by atoms with Crippen LogP contribution in [0.15, 0.2) is 35.9 Å². The first-order chi connectivity index (χ1) is 10.3. The van der Waals surface area contributed by atoms with Gasteiger partial charge in [0.05, 0.1) is 7.11 Å². The summed E-state index contributed by atoms with van der Waals surface area (Å²) in [6.07, 6.45) is 1.29. The van der Waals surface area contributed by atoms with Crippen LogP contribution in [0.5, 0.6) is 5.75 Å². The van der Waals surface area contributed by atoms with Gasteiger partial charge in [-0.2, -0.15) is 0 Å². The molecule has 1 amide bonds. The van der Waals surface area contributed by atoms with Crippen LogP contribution in [-0.4, -0.2) is 18.2 Å². The molecule has 0 aliphatic rings. The van der Waals surface area contributed by atoms with Crippen molar-refractivity contribution in [2.24, 2.45) is 0 Å². The Morgan fingerprint density at radius 3 is 2.59 bits per heavy atom. The van der Waals surface area contributed by atoms with Gasteiger partial charge in [0.25, 0.3) is 0 Å².